The fourth-order valence-corrected chi connectivity index (χ4v) is 4.28. The first-order chi connectivity index (χ1) is 11.7. The van der Waals surface area contributed by atoms with E-state index in [0.29, 0.717) is 0 Å². The van der Waals surface area contributed by atoms with Crippen LogP contribution in [-0.4, -0.2) is 58.1 Å². The minimum absolute atomic E-state index is 0.135. The number of carbonyl (C=O) groups is 1. The molecule has 1 aliphatic carbocycles. The van der Waals surface area contributed by atoms with E-state index in [9.17, 15) is 4.79 Å². The van der Waals surface area contributed by atoms with Crippen molar-refractivity contribution in [3.63, 3.8) is 0 Å². The molecular weight excluding hydrogens is 300 g/mol. The van der Waals surface area contributed by atoms with Crippen LogP contribution in [0.4, 0.5) is 0 Å². The van der Waals surface area contributed by atoms with E-state index in [1.54, 1.807) is 6.20 Å². The Morgan fingerprint density at radius 1 is 1.12 bits per heavy atom. The molecule has 1 aromatic heterocycles. The number of benzene rings is 1. The lowest BCUT2D eigenvalue weighted by Gasteiger charge is -2.40. The predicted octanol–water partition coefficient (Wildman–Crippen LogP) is 2.96. The zero-order chi connectivity index (χ0) is 16.5. The molecule has 1 amide bonds. The van der Waals surface area contributed by atoms with Crippen LogP contribution >= 0.6 is 0 Å². The number of amides is 1. The molecule has 0 bridgehead atoms. The summed E-state index contributed by atoms with van der Waals surface area (Å²) in [5, 5.41) is 8.10. The Bertz CT molecular complexity index is 724. The average molecular weight is 326 g/mol. The van der Waals surface area contributed by atoms with Crippen LogP contribution < -0.4 is 0 Å². The molecule has 24 heavy (non-hydrogen) atoms. The van der Waals surface area contributed by atoms with Crippen molar-refractivity contribution in [2.75, 3.05) is 26.2 Å². The lowest BCUT2D eigenvalue weighted by atomic mass is 9.94. The largest absolute Gasteiger partial charge is 0.336 e. The van der Waals surface area contributed by atoms with Gasteiger partial charge in [0.1, 0.15) is 0 Å². The topological polar surface area (TPSA) is 52.2 Å². The van der Waals surface area contributed by atoms with E-state index in [4.69, 9.17) is 0 Å². The van der Waals surface area contributed by atoms with Gasteiger partial charge in [-0.25, -0.2) is 0 Å². The van der Waals surface area contributed by atoms with E-state index in [1.165, 1.54) is 32.1 Å². The molecule has 128 valence electrons. The summed E-state index contributed by atoms with van der Waals surface area (Å²) in [6.45, 7) is 5.71. The standard InChI is InChI=1S/C19H26N4O/c1-14-11-15-13-20-21-18(15)17(12-14)19(24)23-9-7-22(8-10-23)16-5-3-2-4-6-16/h11-13,16H,2-10H2,1H3,(H,20,21). The van der Waals surface area contributed by atoms with E-state index in [2.05, 4.69) is 21.2 Å². The third-order valence-corrected chi connectivity index (χ3v) is 5.62. The van der Waals surface area contributed by atoms with Gasteiger partial charge in [-0.3, -0.25) is 14.8 Å². The molecule has 2 fully saturated rings. The minimum atomic E-state index is 0.135. The third-order valence-electron chi connectivity index (χ3n) is 5.62. The van der Waals surface area contributed by atoms with Crippen molar-refractivity contribution in [1.29, 1.82) is 0 Å². The number of hydrogen-bond acceptors (Lipinski definition) is 3. The Morgan fingerprint density at radius 3 is 2.62 bits per heavy atom. The van der Waals surface area contributed by atoms with Crippen molar-refractivity contribution in [3.8, 4) is 0 Å². The first-order valence-corrected chi connectivity index (χ1v) is 9.19. The number of nitrogens with one attached hydrogen (secondary N) is 1. The van der Waals surface area contributed by atoms with Gasteiger partial charge in [-0.2, -0.15) is 5.10 Å². The smallest absolute Gasteiger partial charge is 0.256 e. The normalized spacial score (nSPS) is 20.6. The number of piperazine rings is 1. The number of aromatic nitrogens is 2. The first-order valence-electron chi connectivity index (χ1n) is 9.19. The summed E-state index contributed by atoms with van der Waals surface area (Å²) in [5.74, 6) is 0.135. The second kappa shape index (κ2) is 6.55. The van der Waals surface area contributed by atoms with E-state index in [-0.39, 0.29) is 5.91 Å². The summed E-state index contributed by atoms with van der Waals surface area (Å²) in [6, 6.07) is 4.79. The lowest BCUT2D eigenvalue weighted by Crippen LogP contribution is -2.52. The molecule has 1 saturated carbocycles. The molecule has 5 nitrogen and oxygen atoms in total. The van der Waals surface area contributed by atoms with Crippen LogP contribution in [0.2, 0.25) is 0 Å². The fraction of sp³-hybridized carbons (Fsp3) is 0.579. The zero-order valence-electron chi connectivity index (χ0n) is 14.4. The molecule has 1 N–H and O–H groups in total. The maximum atomic E-state index is 13.0. The van der Waals surface area contributed by atoms with Crippen LogP contribution in [0.5, 0.6) is 0 Å². The Morgan fingerprint density at radius 2 is 1.88 bits per heavy atom. The van der Waals surface area contributed by atoms with Crippen LogP contribution in [0, 0.1) is 6.92 Å². The molecule has 0 spiro atoms. The van der Waals surface area contributed by atoms with Crippen LogP contribution in [0.1, 0.15) is 48.0 Å². The Kier molecular flexibility index (Phi) is 4.27. The van der Waals surface area contributed by atoms with Gasteiger partial charge in [0, 0.05) is 37.6 Å². The summed E-state index contributed by atoms with van der Waals surface area (Å²) < 4.78 is 0. The zero-order valence-corrected chi connectivity index (χ0v) is 14.4. The number of aromatic amines is 1. The monoisotopic (exact) mass is 326 g/mol. The second-order valence-electron chi connectivity index (χ2n) is 7.27. The summed E-state index contributed by atoms with van der Waals surface area (Å²) in [7, 11) is 0. The number of nitrogens with zero attached hydrogens (tertiary/aromatic N) is 3. The molecule has 2 heterocycles. The maximum Gasteiger partial charge on any atom is 0.256 e. The Hall–Kier alpha value is -1.88. The number of rotatable bonds is 2. The third kappa shape index (κ3) is 2.93. The highest BCUT2D eigenvalue weighted by Crippen LogP contribution is 2.25. The van der Waals surface area contributed by atoms with Gasteiger partial charge in [0.05, 0.1) is 17.3 Å². The van der Waals surface area contributed by atoms with Gasteiger partial charge in [-0.05, 0) is 37.5 Å². The van der Waals surface area contributed by atoms with Gasteiger partial charge in [0.2, 0.25) is 0 Å². The molecule has 2 aliphatic rings. The van der Waals surface area contributed by atoms with Gasteiger partial charge in [-0.15, -0.1) is 0 Å². The van der Waals surface area contributed by atoms with Crippen molar-refractivity contribution in [3.05, 3.63) is 29.5 Å². The van der Waals surface area contributed by atoms with Crippen LogP contribution in [0.15, 0.2) is 18.3 Å². The summed E-state index contributed by atoms with van der Waals surface area (Å²) in [5.41, 5.74) is 2.72. The summed E-state index contributed by atoms with van der Waals surface area (Å²) >= 11 is 0. The average Bonchev–Trinajstić information content (AvgIpc) is 3.09. The molecule has 5 heteroatoms. The number of hydrogen-bond donors (Lipinski definition) is 1. The number of H-pyrrole nitrogens is 1. The first kappa shape index (κ1) is 15.6. The lowest BCUT2D eigenvalue weighted by molar-refractivity contribution is 0.0524. The molecule has 1 saturated heterocycles. The van der Waals surface area contributed by atoms with E-state index in [0.717, 1.165) is 54.3 Å². The molecule has 4 rings (SSSR count). The van der Waals surface area contributed by atoms with Crippen molar-refractivity contribution in [2.45, 2.75) is 45.1 Å². The highest BCUT2D eigenvalue weighted by atomic mass is 16.2. The fourth-order valence-electron chi connectivity index (χ4n) is 4.28. The molecule has 0 atom stereocenters. The van der Waals surface area contributed by atoms with Gasteiger partial charge in [-0.1, -0.05) is 19.3 Å². The van der Waals surface area contributed by atoms with Crippen molar-refractivity contribution in [2.24, 2.45) is 0 Å². The highest BCUT2D eigenvalue weighted by Gasteiger charge is 2.28. The van der Waals surface area contributed by atoms with Gasteiger partial charge >= 0.3 is 0 Å². The molecular formula is C19H26N4O. The number of fused-ring (bicyclic) bond motifs is 1. The summed E-state index contributed by atoms with van der Waals surface area (Å²) in [4.78, 5) is 17.6. The SMILES string of the molecule is Cc1cc(C(=O)N2CCN(C3CCCCC3)CC2)c2[nH]ncc2c1. The van der Waals surface area contributed by atoms with Gasteiger partial charge in [0.15, 0.2) is 0 Å². The van der Waals surface area contributed by atoms with Crippen molar-refractivity contribution in [1.82, 2.24) is 20.0 Å². The van der Waals surface area contributed by atoms with Crippen LogP contribution in [0.3, 0.4) is 0 Å². The second-order valence-corrected chi connectivity index (χ2v) is 7.27. The van der Waals surface area contributed by atoms with Crippen molar-refractivity contribution >= 4 is 16.8 Å². The molecule has 1 aliphatic heterocycles. The quantitative estimate of drug-likeness (QED) is 0.923. The van der Waals surface area contributed by atoms with Crippen LogP contribution in [-0.2, 0) is 0 Å². The highest BCUT2D eigenvalue weighted by molar-refractivity contribution is 6.05. The molecule has 0 radical (unpaired) electrons. The molecule has 1 aromatic carbocycles. The molecule has 0 unspecified atom stereocenters. The van der Waals surface area contributed by atoms with Gasteiger partial charge < -0.3 is 4.90 Å². The Labute approximate surface area is 143 Å². The van der Waals surface area contributed by atoms with Crippen molar-refractivity contribution < 1.29 is 4.79 Å². The number of aryl methyl sites for hydroxylation is 1. The van der Waals surface area contributed by atoms with E-state index >= 15 is 0 Å². The van der Waals surface area contributed by atoms with E-state index < -0.39 is 0 Å². The van der Waals surface area contributed by atoms with E-state index in [1.807, 2.05) is 17.9 Å². The minimum Gasteiger partial charge on any atom is -0.336 e. The van der Waals surface area contributed by atoms with Crippen LogP contribution in [0.25, 0.3) is 10.9 Å². The predicted molar refractivity (Wildman–Crippen MR) is 95.2 cm³/mol. The number of carbonyl (C=O) groups excluding carboxylic acids is 1. The summed E-state index contributed by atoms with van der Waals surface area (Å²) in [6.07, 6.45) is 8.58. The Balaban J connectivity index is 1.46. The maximum absolute atomic E-state index is 13.0. The van der Waals surface area contributed by atoms with Gasteiger partial charge in [0.25, 0.3) is 5.91 Å². The molecule has 2 aromatic rings.